The number of hydrogen-bond acceptors (Lipinski definition) is 4. The summed E-state index contributed by atoms with van der Waals surface area (Å²) in [6.45, 7) is 0. The molecule has 0 N–H and O–H groups in total. The van der Waals surface area contributed by atoms with Gasteiger partial charge in [0.25, 0.3) is 0 Å². The molecule has 0 spiro atoms. The molecule has 0 aliphatic rings. The van der Waals surface area contributed by atoms with Gasteiger partial charge in [0.1, 0.15) is 23.3 Å². The number of hydrogen-bond donors (Lipinski definition) is 0. The van der Waals surface area contributed by atoms with Crippen LogP contribution < -0.4 is 4.74 Å². The molecule has 0 radical (unpaired) electrons. The predicted octanol–water partition coefficient (Wildman–Crippen LogP) is 2.79. The Bertz CT molecular complexity index is 551. The molecule has 4 nitrogen and oxygen atoms in total. The van der Waals surface area contributed by atoms with Crippen molar-refractivity contribution in [2.75, 3.05) is 0 Å². The molecular formula is C11H6ClN3O. The van der Waals surface area contributed by atoms with E-state index in [1.165, 1.54) is 12.4 Å². The maximum atomic E-state index is 8.67. The van der Waals surface area contributed by atoms with Gasteiger partial charge in [-0.25, -0.2) is 4.98 Å². The van der Waals surface area contributed by atoms with Crippen molar-refractivity contribution in [2.24, 2.45) is 0 Å². The second kappa shape index (κ2) is 4.60. The predicted molar refractivity (Wildman–Crippen MR) is 58.3 cm³/mol. The largest absolute Gasteiger partial charge is 0.456 e. The van der Waals surface area contributed by atoms with Crippen LogP contribution in [0.4, 0.5) is 0 Å². The zero-order valence-electron chi connectivity index (χ0n) is 8.09. The Morgan fingerprint density at radius 2 is 2.12 bits per heavy atom. The second-order valence-corrected chi connectivity index (χ2v) is 3.37. The van der Waals surface area contributed by atoms with Crippen molar-refractivity contribution in [3.8, 4) is 17.6 Å². The van der Waals surface area contributed by atoms with Crippen LogP contribution in [0.15, 0.2) is 36.8 Å². The summed E-state index contributed by atoms with van der Waals surface area (Å²) in [6.07, 6.45) is 4.56. The van der Waals surface area contributed by atoms with Crippen molar-refractivity contribution >= 4 is 11.6 Å². The van der Waals surface area contributed by atoms with E-state index in [2.05, 4.69) is 9.97 Å². The van der Waals surface area contributed by atoms with E-state index >= 15 is 0 Å². The van der Waals surface area contributed by atoms with E-state index in [-0.39, 0.29) is 0 Å². The molecule has 0 aliphatic carbocycles. The van der Waals surface area contributed by atoms with Gasteiger partial charge in [-0.05, 0) is 6.07 Å². The lowest BCUT2D eigenvalue weighted by atomic mass is 10.3. The molecular weight excluding hydrogens is 226 g/mol. The van der Waals surface area contributed by atoms with E-state index < -0.39 is 0 Å². The summed E-state index contributed by atoms with van der Waals surface area (Å²) in [6, 6.07) is 6.77. The highest BCUT2D eigenvalue weighted by atomic mass is 35.5. The van der Waals surface area contributed by atoms with Crippen LogP contribution in [0, 0.1) is 11.3 Å². The van der Waals surface area contributed by atoms with Gasteiger partial charge in [-0.1, -0.05) is 11.6 Å². The van der Waals surface area contributed by atoms with Crippen molar-refractivity contribution in [1.82, 2.24) is 9.97 Å². The minimum atomic E-state index is 0.299. The number of aromatic nitrogens is 2. The van der Waals surface area contributed by atoms with Crippen molar-refractivity contribution in [3.63, 3.8) is 0 Å². The van der Waals surface area contributed by atoms with Gasteiger partial charge in [-0.15, -0.1) is 0 Å². The first-order valence-corrected chi connectivity index (χ1v) is 4.80. The van der Waals surface area contributed by atoms with Crippen LogP contribution in [0.1, 0.15) is 5.69 Å². The average molecular weight is 232 g/mol. The molecule has 0 fully saturated rings. The summed E-state index contributed by atoms with van der Waals surface area (Å²) in [5.41, 5.74) is 0.299. The van der Waals surface area contributed by atoms with Crippen LogP contribution in [0.5, 0.6) is 11.5 Å². The molecule has 78 valence electrons. The molecule has 0 aliphatic heterocycles. The topological polar surface area (TPSA) is 58.8 Å². The summed E-state index contributed by atoms with van der Waals surface area (Å²) in [5, 5.41) is 9.16. The summed E-state index contributed by atoms with van der Waals surface area (Å²) in [7, 11) is 0. The standard InChI is InChI=1S/C11H6ClN3O/c12-8-3-11(7-14-6-8)16-10-1-2-15-9(4-10)5-13/h1-4,6-7H. The SMILES string of the molecule is N#Cc1cc(Oc2cncc(Cl)c2)ccn1. The molecule has 0 saturated heterocycles. The van der Waals surface area contributed by atoms with Crippen molar-refractivity contribution in [3.05, 3.63) is 47.5 Å². The van der Waals surface area contributed by atoms with E-state index in [1.807, 2.05) is 6.07 Å². The molecule has 2 aromatic rings. The smallest absolute Gasteiger partial charge is 0.147 e. The number of pyridine rings is 2. The van der Waals surface area contributed by atoms with Crippen LogP contribution in [0.25, 0.3) is 0 Å². The summed E-state index contributed by atoms with van der Waals surface area (Å²) >= 11 is 5.76. The highest BCUT2D eigenvalue weighted by Crippen LogP contribution is 2.22. The van der Waals surface area contributed by atoms with Crippen molar-refractivity contribution in [1.29, 1.82) is 5.26 Å². The molecule has 2 rings (SSSR count). The summed E-state index contributed by atoms with van der Waals surface area (Å²) in [5.74, 6) is 1.04. The van der Waals surface area contributed by atoms with Gasteiger partial charge in [-0.3, -0.25) is 4.98 Å². The van der Waals surface area contributed by atoms with Gasteiger partial charge in [0, 0.05) is 24.5 Å². The molecule has 0 amide bonds. The number of rotatable bonds is 2. The Morgan fingerprint density at radius 3 is 2.88 bits per heavy atom. The third-order valence-electron chi connectivity index (χ3n) is 1.76. The first kappa shape index (κ1) is 10.4. The maximum Gasteiger partial charge on any atom is 0.147 e. The van der Waals surface area contributed by atoms with Crippen LogP contribution in [-0.2, 0) is 0 Å². The molecule has 5 heteroatoms. The fourth-order valence-corrected chi connectivity index (χ4v) is 1.28. The molecule has 0 aromatic carbocycles. The molecule has 0 atom stereocenters. The van der Waals surface area contributed by atoms with E-state index in [0.717, 1.165) is 0 Å². The fourth-order valence-electron chi connectivity index (χ4n) is 1.12. The fraction of sp³-hybridized carbons (Fsp3) is 0. The molecule has 0 bridgehead atoms. The van der Waals surface area contributed by atoms with Crippen LogP contribution in [-0.4, -0.2) is 9.97 Å². The van der Waals surface area contributed by atoms with Gasteiger partial charge < -0.3 is 4.74 Å². The maximum absolute atomic E-state index is 8.67. The average Bonchev–Trinajstić information content (AvgIpc) is 2.29. The number of ether oxygens (including phenoxy) is 1. The van der Waals surface area contributed by atoms with Gasteiger partial charge in [0.15, 0.2) is 0 Å². The highest BCUT2D eigenvalue weighted by Gasteiger charge is 2.00. The van der Waals surface area contributed by atoms with Gasteiger partial charge in [0.2, 0.25) is 0 Å². The normalized spacial score (nSPS) is 9.50. The Balaban J connectivity index is 2.24. The second-order valence-electron chi connectivity index (χ2n) is 2.93. The zero-order chi connectivity index (χ0) is 11.4. The Hall–Kier alpha value is -2.12. The Labute approximate surface area is 97.1 Å². The van der Waals surface area contributed by atoms with Gasteiger partial charge in [-0.2, -0.15) is 5.26 Å². The third-order valence-corrected chi connectivity index (χ3v) is 1.97. The third kappa shape index (κ3) is 2.47. The minimum absolute atomic E-state index is 0.299. The number of halogens is 1. The molecule has 0 unspecified atom stereocenters. The molecule has 2 heterocycles. The first-order valence-electron chi connectivity index (χ1n) is 4.42. The van der Waals surface area contributed by atoms with Crippen molar-refractivity contribution in [2.45, 2.75) is 0 Å². The van der Waals surface area contributed by atoms with E-state index in [9.17, 15) is 0 Å². The lowest BCUT2D eigenvalue weighted by Crippen LogP contribution is -1.88. The monoisotopic (exact) mass is 231 g/mol. The number of nitriles is 1. The zero-order valence-corrected chi connectivity index (χ0v) is 8.85. The Morgan fingerprint density at radius 1 is 1.25 bits per heavy atom. The van der Waals surface area contributed by atoms with E-state index in [0.29, 0.717) is 22.2 Å². The quantitative estimate of drug-likeness (QED) is 0.797. The summed E-state index contributed by atoms with van der Waals surface area (Å²) in [4.78, 5) is 7.72. The first-order chi connectivity index (χ1) is 7.78. The van der Waals surface area contributed by atoms with Crippen LogP contribution in [0.3, 0.4) is 0 Å². The molecule has 0 saturated carbocycles. The minimum Gasteiger partial charge on any atom is -0.456 e. The lowest BCUT2D eigenvalue weighted by molar-refractivity contribution is 0.479. The highest BCUT2D eigenvalue weighted by molar-refractivity contribution is 6.30. The lowest BCUT2D eigenvalue weighted by Gasteiger charge is -2.04. The number of nitrogens with zero attached hydrogens (tertiary/aromatic N) is 3. The van der Waals surface area contributed by atoms with Crippen LogP contribution >= 0.6 is 11.6 Å². The molecule has 16 heavy (non-hydrogen) atoms. The van der Waals surface area contributed by atoms with Gasteiger partial charge in [0.05, 0.1) is 11.2 Å². The van der Waals surface area contributed by atoms with Crippen LogP contribution in [0.2, 0.25) is 5.02 Å². The summed E-state index contributed by atoms with van der Waals surface area (Å²) < 4.78 is 5.46. The Kier molecular flexibility index (Phi) is 2.99. The van der Waals surface area contributed by atoms with E-state index in [4.69, 9.17) is 21.6 Å². The van der Waals surface area contributed by atoms with Gasteiger partial charge >= 0.3 is 0 Å². The van der Waals surface area contributed by atoms with Crippen molar-refractivity contribution < 1.29 is 4.74 Å². The van der Waals surface area contributed by atoms with E-state index in [1.54, 1.807) is 24.4 Å². The molecule has 2 aromatic heterocycles.